The molecule has 92 valence electrons. The minimum absolute atomic E-state index is 0.142. The van der Waals surface area contributed by atoms with Gasteiger partial charge in [0.2, 0.25) is 0 Å². The molecule has 1 saturated carbocycles. The molecule has 0 bridgehead atoms. The Labute approximate surface area is 99.6 Å². The summed E-state index contributed by atoms with van der Waals surface area (Å²) in [7, 11) is 0. The van der Waals surface area contributed by atoms with Crippen LogP contribution in [0.1, 0.15) is 18.4 Å². The van der Waals surface area contributed by atoms with Crippen molar-refractivity contribution in [2.75, 3.05) is 11.9 Å². The van der Waals surface area contributed by atoms with E-state index in [0.717, 1.165) is 25.1 Å². The van der Waals surface area contributed by atoms with Gasteiger partial charge in [0.05, 0.1) is 11.0 Å². The highest BCUT2D eigenvalue weighted by Gasteiger charge is 2.26. The molecular formula is C12H16N2O3. The van der Waals surface area contributed by atoms with Crippen LogP contribution in [-0.4, -0.2) is 22.7 Å². The molecule has 17 heavy (non-hydrogen) atoms. The van der Waals surface area contributed by atoms with Gasteiger partial charge in [-0.05, 0) is 31.7 Å². The fourth-order valence-electron chi connectivity index (χ4n) is 2.13. The maximum atomic E-state index is 10.8. The summed E-state index contributed by atoms with van der Waals surface area (Å²) >= 11 is 0. The maximum Gasteiger partial charge on any atom is 0.274 e. The van der Waals surface area contributed by atoms with Crippen LogP contribution < -0.4 is 5.32 Å². The van der Waals surface area contributed by atoms with Gasteiger partial charge in [-0.2, -0.15) is 0 Å². The van der Waals surface area contributed by atoms with Gasteiger partial charge in [-0.25, -0.2) is 0 Å². The third kappa shape index (κ3) is 2.55. The van der Waals surface area contributed by atoms with Gasteiger partial charge in [-0.1, -0.05) is 6.07 Å². The monoisotopic (exact) mass is 236 g/mol. The van der Waals surface area contributed by atoms with E-state index in [4.69, 9.17) is 5.11 Å². The molecule has 0 aromatic heterocycles. The number of nitro benzene ring substituents is 1. The average Bonchev–Trinajstić information content (AvgIpc) is 2.24. The molecule has 1 aliphatic rings. The Hall–Kier alpha value is -1.62. The number of benzene rings is 1. The molecule has 5 heteroatoms. The van der Waals surface area contributed by atoms with Crippen molar-refractivity contribution in [2.45, 2.75) is 25.9 Å². The van der Waals surface area contributed by atoms with Crippen LogP contribution in [0.4, 0.5) is 11.4 Å². The lowest BCUT2D eigenvalue weighted by Crippen LogP contribution is -2.33. The van der Waals surface area contributed by atoms with Gasteiger partial charge in [0, 0.05) is 23.9 Å². The van der Waals surface area contributed by atoms with Crippen molar-refractivity contribution in [2.24, 2.45) is 5.92 Å². The molecule has 0 atom stereocenters. The van der Waals surface area contributed by atoms with Crippen LogP contribution in [0.3, 0.4) is 0 Å². The van der Waals surface area contributed by atoms with Crippen molar-refractivity contribution < 1.29 is 10.0 Å². The number of rotatable bonds is 4. The summed E-state index contributed by atoms with van der Waals surface area (Å²) in [5.41, 5.74) is 1.61. The molecule has 1 aromatic rings. The molecule has 1 aliphatic carbocycles. The van der Waals surface area contributed by atoms with E-state index in [2.05, 4.69) is 5.32 Å². The van der Waals surface area contributed by atoms with E-state index >= 15 is 0 Å². The standard InChI is InChI=1S/C12H16N2O3/c1-8-11(3-2-4-12(8)14(16)17)13-7-9-5-10(15)6-9/h2-4,9-10,13,15H,5-7H2,1H3. The van der Waals surface area contributed by atoms with Gasteiger partial charge in [0.15, 0.2) is 0 Å². The number of nitrogens with one attached hydrogen (secondary N) is 1. The van der Waals surface area contributed by atoms with E-state index in [0.29, 0.717) is 11.5 Å². The summed E-state index contributed by atoms with van der Waals surface area (Å²) < 4.78 is 0. The number of aliphatic hydroxyl groups excluding tert-OH is 1. The summed E-state index contributed by atoms with van der Waals surface area (Å²) in [4.78, 5) is 10.4. The van der Waals surface area contributed by atoms with Crippen molar-refractivity contribution in [3.05, 3.63) is 33.9 Å². The second kappa shape index (κ2) is 4.71. The highest BCUT2D eigenvalue weighted by molar-refractivity contribution is 5.59. The minimum atomic E-state index is -0.367. The highest BCUT2D eigenvalue weighted by Crippen LogP contribution is 2.29. The first-order chi connectivity index (χ1) is 8.08. The number of nitro groups is 1. The lowest BCUT2D eigenvalue weighted by atomic mass is 9.82. The number of hydrogen-bond donors (Lipinski definition) is 2. The first-order valence-electron chi connectivity index (χ1n) is 5.74. The summed E-state index contributed by atoms with van der Waals surface area (Å²) in [6, 6.07) is 5.04. The third-order valence-corrected chi connectivity index (χ3v) is 3.29. The quantitative estimate of drug-likeness (QED) is 0.620. The van der Waals surface area contributed by atoms with Crippen LogP contribution in [0.25, 0.3) is 0 Å². The second-order valence-electron chi connectivity index (χ2n) is 4.58. The lowest BCUT2D eigenvalue weighted by molar-refractivity contribution is -0.385. The predicted molar refractivity (Wildman–Crippen MR) is 65.1 cm³/mol. The van der Waals surface area contributed by atoms with Gasteiger partial charge in [0.25, 0.3) is 5.69 Å². The normalized spacial score (nSPS) is 22.9. The van der Waals surface area contributed by atoms with Gasteiger partial charge >= 0.3 is 0 Å². The smallest absolute Gasteiger partial charge is 0.274 e. The number of anilines is 1. The Balaban J connectivity index is 2.01. The van der Waals surface area contributed by atoms with Gasteiger partial charge in [0.1, 0.15) is 0 Å². The molecular weight excluding hydrogens is 220 g/mol. The first-order valence-corrected chi connectivity index (χ1v) is 5.74. The van der Waals surface area contributed by atoms with Gasteiger partial charge in [-0.15, -0.1) is 0 Å². The fraction of sp³-hybridized carbons (Fsp3) is 0.500. The van der Waals surface area contributed by atoms with Crippen LogP contribution in [0, 0.1) is 23.0 Å². The zero-order valence-corrected chi connectivity index (χ0v) is 9.72. The van der Waals surface area contributed by atoms with Gasteiger partial charge < -0.3 is 10.4 Å². The molecule has 1 aromatic carbocycles. The van der Waals surface area contributed by atoms with Crippen molar-refractivity contribution in [1.29, 1.82) is 0 Å². The number of hydrogen-bond acceptors (Lipinski definition) is 4. The van der Waals surface area contributed by atoms with E-state index in [9.17, 15) is 10.1 Å². The first kappa shape index (κ1) is 11.9. The Bertz CT molecular complexity index is 428. The second-order valence-corrected chi connectivity index (χ2v) is 4.58. The zero-order valence-electron chi connectivity index (χ0n) is 9.72. The third-order valence-electron chi connectivity index (χ3n) is 3.29. The van der Waals surface area contributed by atoms with Crippen LogP contribution >= 0.6 is 0 Å². The summed E-state index contributed by atoms with van der Waals surface area (Å²) in [5, 5.41) is 23.2. The molecule has 0 unspecified atom stereocenters. The topological polar surface area (TPSA) is 75.4 Å². The van der Waals surface area contributed by atoms with Crippen LogP contribution in [0.5, 0.6) is 0 Å². The van der Waals surface area contributed by atoms with E-state index in [1.807, 2.05) is 6.07 Å². The fourth-order valence-corrected chi connectivity index (χ4v) is 2.13. The largest absolute Gasteiger partial charge is 0.393 e. The Morgan fingerprint density at radius 3 is 2.82 bits per heavy atom. The highest BCUT2D eigenvalue weighted by atomic mass is 16.6. The van der Waals surface area contributed by atoms with E-state index in [1.54, 1.807) is 13.0 Å². The molecule has 0 aliphatic heterocycles. The number of nitrogens with zero attached hydrogens (tertiary/aromatic N) is 1. The number of aliphatic hydroxyl groups is 1. The molecule has 5 nitrogen and oxygen atoms in total. The van der Waals surface area contributed by atoms with E-state index in [1.165, 1.54) is 6.07 Å². The molecule has 0 saturated heterocycles. The Kier molecular flexibility index (Phi) is 3.28. The van der Waals surface area contributed by atoms with Crippen molar-refractivity contribution in [3.8, 4) is 0 Å². The molecule has 0 amide bonds. The molecule has 0 spiro atoms. The molecule has 1 fully saturated rings. The zero-order chi connectivity index (χ0) is 12.4. The Morgan fingerprint density at radius 2 is 2.24 bits per heavy atom. The van der Waals surface area contributed by atoms with Crippen LogP contribution in [0.15, 0.2) is 18.2 Å². The van der Waals surface area contributed by atoms with Crippen molar-refractivity contribution in [3.63, 3.8) is 0 Å². The lowest BCUT2D eigenvalue weighted by Gasteiger charge is -2.31. The molecule has 0 heterocycles. The van der Waals surface area contributed by atoms with Crippen LogP contribution in [0.2, 0.25) is 0 Å². The minimum Gasteiger partial charge on any atom is -0.393 e. The van der Waals surface area contributed by atoms with Crippen molar-refractivity contribution >= 4 is 11.4 Å². The Morgan fingerprint density at radius 1 is 1.53 bits per heavy atom. The molecule has 2 N–H and O–H groups in total. The molecule has 2 rings (SSSR count). The average molecular weight is 236 g/mol. The van der Waals surface area contributed by atoms with E-state index in [-0.39, 0.29) is 16.7 Å². The predicted octanol–water partition coefficient (Wildman–Crippen LogP) is 2.09. The summed E-state index contributed by atoms with van der Waals surface area (Å²) in [6.07, 6.45) is 1.48. The van der Waals surface area contributed by atoms with Gasteiger partial charge in [-0.3, -0.25) is 10.1 Å². The summed E-state index contributed by atoms with van der Waals surface area (Å²) in [5.74, 6) is 0.476. The SMILES string of the molecule is Cc1c(NCC2CC(O)C2)cccc1[N+](=O)[O-]. The summed E-state index contributed by atoms with van der Waals surface area (Å²) in [6.45, 7) is 2.51. The van der Waals surface area contributed by atoms with Crippen molar-refractivity contribution in [1.82, 2.24) is 0 Å². The maximum absolute atomic E-state index is 10.8. The molecule has 0 radical (unpaired) electrons. The van der Waals surface area contributed by atoms with Crippen LogP contribution in [-0.2, 0) is 0 Å². The van der Waals surface area contributed by atoms with E-state index < -0.39 is 0 Å².